The van der Waals surface area contributed by atoms with Crippen LogP contribution in [0.5, 0.6) is 0 Å². The van der Waals surface area contributed by atoms with E-state index in [9.17, 15) is 13.6 Å². The second kappa shape index (κ2) is 9.28. The van der Waals surface area contributed by atoms with Crippen molar-refractivity contribution in [3.63, 3.8) is 0 Å². The van der Waals surface area contributed by atoms with Crippen molar-refractivity contribution in [3.05, 3.63) is 65.7 Å². The van der Waals surface area contributed by atoms with E-state index in [0.29, 0.717) is 16.4 Å². The second-order valence-corrected chi connectivity index (χ2v) is 8.61. The molecule has 2 heterocycles. The highest BCUT2D eigenvalue weighted by molar-refractivity contribution is 8.16. The zero-order valence-corrected chi connectivity index (χ0v) is 18.1. The molecule has 0 atom stereocenters. The monoisotopic (exact) mass is 442 g/mol. The lowest BCUT2D eigenvalue weighted by Gasteiger charge is -2.34. The highest BCUT2D eigenvalue weighted by Crippen LogP contribution is 2.35. The quantitative estimate of drug-likeness (QED) is 0.749. The molecule has 0 aromatic heterocycles. The Bertz CT molecular complexity index is 997. The summed E-state index contributed by atoms with van der Waals surface area (Å²) in [4.78, 5) is 24.7. The third-order valence-electron chi connectivity index (χ3n) is 5.52. The summed E-state index contributed by atoms with van der Waals surface area (Å²) in [6.07, 6.45) is 1.63. The van der Waals surface area contributed by atoms with Gasteiger partial charge in [-0.1, -0.05) is 18.7 Å². The number of likely N-dealkylation sites (tertiary alicyclic amines) is 1. The van der Waals surface area contributed by atoms with Crippen molar-refractivity contribution in [2.45, 2.75) is 25.4 Å². The van der Waals surface area contributed by atoms with Gasteiger partial charge in [0.1, 0.15) is 16.7 Å². The molecule has 2 aromatic carbocycles. The number of carbonyl (C=O) groups excluding carboxylic acids is 1. The smallest absolute Gasteiger partial charge is 0.234 e. The minimum Gasteiger partial charge on any atom is -0.325 e. The van der Waals surface area contributed by atoms with Crippen molar-refractivity contribution in [1.82, 2.24) is 4.90 Å². The molecule has 5 nitrogen and oxygen atoms in total. The lowest BCUT2D eigenvalue weighted by Crippen LogP contribution is -2.41. The molecule has 0 radical (unpaired) electrons. The van der Waals surface area contributed by atoms with Gasteiger partial charge in [-0.05, 0) is 55.1 Å². The summed E-state index contributed by atoms with van der Waals surface area (Å²) >= 11 is 1.32. The Morgan fingerprint density at radius 2 is 1.65 bits per heavy atom. The maximum Gasteiger partial charge on any atom is 0.234 e. The van der Waals surface area contributed by atoms with Crippen LogP contribution in [0.4, 0.5) is 14.5 Å². The van der Waals surface area contributed by atoms with Crippen LogP contribution in [0.1, 0.15) is 25.3 Å². The first-order valence-corrected chi connectivity index (χ1v) is 11.3. The topological polar surface area (TPSA) is 57.1 Å². The third kappa shape index (κ3) is 5.19. The van der Waals surface area contributed by atoms with Gasteiger partial charge in [0, 0.05) is 37.2 Å². The van der Waals surface area contributed by atoms with Crippen LogP contribution in [0.3, 0.4) is 0 Å². The van der Waals surface area contributed by atoms with Crippen molar-refractivity contribution in [2.75, 3.05) is 30.7 Å². The number of thioether (sulfide) groups is 1. The summed E-state index contributed by atoms with van der Waals surface area (Å²) in [7, 11) is 0. The number of hydrogen-bond donors (Lipinski definition) is 1. The maximum atomic E-state index is 13.4. The fourth-order valence-corrected chi connectivity index (χ4v) is 4.61. The van der Waals surface area contributed by atoms with Crippen LogP contribution < -0.4 is 5.32 Å². The molecule has 8 heteroatoms. The molecule has 1 N–H and O–H groups in total. The molecule has 1 spiro atoms. The average molecular weight is 443 g/mol. The number of nitrogens with one attached hydrogen (secondary N) is 1. The minimum absolute atomic E-state index is 0.146. The summed E-state index contributed by atoms with van der Waals surface area (Å²) in [5, 5.41) is 3.46. The van der Waals surface area contributed by atoms with Crippen molar-refractivity contribution in [3.8, 4) is 0 Å². The molecule has 0 bridgehead atoms. The van der Waals surface area contributed by atoms with Gasteiger partial charge in [0.2, 0.25) is 5.91 Å². The highest BCUT2D eigenvalue weighted by atomic mass is 32.2. The molecule has 2 aliphatic heterocycles. The normalized spacial score (nSPS) is 18.0. The largest absolute Gasteiger partial charge is 0.325 e. The summed E-state index contributed by atoms with van der Waals surface area (Å²) < 4.78 is 26.5. The average Bonchev–Trinajstić information content (AvgIpc) is 3.13. The summed E-state index contributed by atoms with van der Waals surface area (Å²) in [6.45, 7) is 4.98. The van der Waals surface area contributed by atoms with Crippen LogP contribution in [0, 0.1) is 11.6 Å². The van der Waals surface area contributed by atoms with E-state index in [-0.39, 0.29) is 23.3 Å². The first kappa shape index (κ1) is 21.6. The molecule has 2 aromatic rings. The van der Waals surface area contributed by atoms with E-state index in [1.807, 2.05) is 0 Å². The lowest BCUT2D eigenvalue weighted by atomic mass is 9.98. The Morgan fingerprint density at radius 3 is 2.26 bits per heavy atom. The van der Waals surface area contributed by atoms with E-state index >= 15 is 0 Å². The van der Waals surface area contributed by atoms with Crippen LogP contribution in [-0.4, -0.2) is 52.6 Å². The van der Waals surface area contributed by atoms with E-state index in [2.05, 4.69) is 17.1 Å². The Hall–Kier alpha value is -2.58. The molecule has 0 aliphatic carbocycles. The highest BCUT2D eigenvalue weighted by Gasteiger charge is 2.39. The fraction of sp³-hybridized carbons (Fsp3) is 0.348. The molecule has 1 fully saturated rings. The van der Waals surface area contributed by atoms with Crippen LogP contribution in [-0.2, 0) is 4.79 Å². The molecule has 2 aliphatic rings. The summed E-state index contributed by atoms with van der Waals surface area (Å²) in [5.74, 6) is -0.724. The minimum atomic E-state index is -0.509. The molecule has 0 unspecified atom stereocenters. The maximum absolute atomic E-state index is 13.4. The molecular weight excluding hydrogens is 418 g/mol. The fourth-order valence-electron chi connectivity index (χ4n) is 3.73. The Labute approximate surface area is 184 Å². The van der Waals surface area contributed by atoms with Gasteiger partial charge >= 0.3 is 0 Å². The van der Waals surface area contributed by atoms with E-state index in [1.165, 1.54) is 48.2 Å². The van der Waals surface area contributed by atoms with E-state index < -0.39 is 5.66 Å². The standard InChI is InChI=1S/C23H24F2N4OS/c1-2-29-13-11-23(12-14-29)27-21(16-3-5-17(24)6-4-16)22(28-23)31-15-20(30)26-19-9-7-18(25)8-10-19/h3-10H,2,11-15H2,1H3,(H,26,30). The predicted octanol–water partition coefficient (Wildman–Crippen LogP) is 4.35. The number of amides is 1. The van der Waals surface area contributed by atoms with E-state index in [1.54, 1.807) is 12.1 Å². The third-order valence-corrected chi connectivity index (χ3v) is 6.49. The molecule has 1 saturated heterocycles. The lowest BCUT2D eigenvalue weighted by molar-refractivity contribution is -0.113. The SMILES string of the molecule is CCN1CCC2(CC1)N=C(SCC(=O)Nc1ccc(F)cc1)C(c1ccc(F)cc1)=N2. The number of anilines is 1. The molecule has 4 rings (SSSR count). The Morgan fingerprint density at radius 1 is 1.03 bits per heavy atom. The van der Waals surface area contributed by atoms with Crippen LogP contribution in [0.15, 0.2) is 58.5 Å². The molecular formula is C23H24F2N4OS. The molecule has 1 amide bonds. The number of hydrogen-bond acceptors (Lipinski definition) is 5. The van der Waals surface area contributed by atoms with Crippen LogP contribution >= 0.6 is 11.8 Å². The van der Waals surface area contributed by atoms with Crippen molar-refractivity contribution < 1.29 is 13.6 Å². The number of piperidine rings is 1. The summed E-state index contributed by atoms with van der Waals surface area (Å²) in [5.41, 5.74) is 1.53. The summed E-state index contributed by atoms with van der Waals surface area (Å²) in [6, 6.07) is 11.9. The van der Waals surface area contributed by atoms with E-state index in [0.717, 1.165) is 38.0 Å². The number of rotatable bonds is 5. The molecule has 162 valence electrons. The predicted molar refractivity (Wildman–Crippen MR) is 122 cm³/mol. The van der Waals surface area contributed by atoms with Gasteiger partial charge in [-0.3, -0.25) is 9.79 Å². The van der Waals surface area contributed by atoms with Crippen molar-refractivity contribution in [1.29, 1.82) is 0 Å². The second-order valence-electron chi connectivity index (χ2n) is 7.64. The van der Waals surface area contributed by atoms with Crippen LogP contribution in [0.25, 0.3) is 0 Å². The number of nitrogens with zero attached hydrogens (tertiary/aromatic N) is 3. The molecule has 0 saturated carbocycles. The van der Waals surface area contributed by atoms with Gasteiger partial charge in [0.05, 0.1) is 11.5 Å². The van der Waals surface area contributed by atoms with E-state index in [4.69, 9.17) is 9.98 Å². The van der Waals surface area contributed by atoms with Gasteiger partial charge in [-0.2, -0.15) is 0 Å². The van der Waals surface area contributed by atoms with Gasteiger partial charge in [0.25, 0.3) is 0 Å². The van der Waals surface area contributed by atoms with Gasteiger partial charge < -0.3 is 10.2 Å². The number of halogens is 2. The zero-order chi connectivity index (χ0) is 21.8. The number of aliphatic imine (C=N–C) groups is 2. The van der Waals surface area contributed by atoms with Gasteiger partial charge in [-0.15, -0.1) is 0 Å². The van der Waals surface area contributed by atoms with Gasteiger partial charge in [0.15, 0.2) is 5.66 Å². The van der Waals surface area contributed by atoms with Crippen molar-refractivity contribution >= 4 is 34.1 Å². The first-order valence-electron chi connectivity index (χ1n) is 10.3. The van der Waals surface area contributed by atoms with Crippen molar-refractivity contribution in [2.24, 2.45) is 9.98 Å². The Kier molecular flexibility index (Phi) is 6.48. The van der Waals surface area contributed by atoms with Gasteiger partial charge in [-0.25, -0.2) is 13.8 Å². The Balaban J connectivity index is 1.49. The number of carbonyl (C=O) groups is 1. The van der Waals surface area contributed by atoms with Crippen LogP contribution in [0.2, 0.25) is 0 Å². The zero-order valence-electron chi connectivity index (χ0n) is 17.3. The first-order chi connectivity index (χ1) is 15.0. The molecule has 31 heavy (non-hydrogen) atoms. The number of benzene rings is 2.